The second-order valence-corrected chi connectivity index (χ2v) is 11.6. The van der Waals surface area contributed by atoms with E-state index in [1.54, 1.807) is 19.1 Å². The number of fused-ring (bicyclic) bond motifs is 1. The van der Waals surface area contributed by atoms with Gasteiger partial charge in [0.15, 0.2) is 11.5 Å². The highest BCUT2D eigenvalue weighted by atomic mass is 16.5. The molecule has 0 radical (unpaired) electrons. The van der Waals surface area contributed by atoms with E-state index in [4.69, 9.17) is 9.47 Å². The molecule has 3 amide bonds. The van der Waals surface area contributed by atoms with Gasteiger partial charge in [0.05, 0.1) is 20.9 Å². The summed E-state index contributed by atoms with van der Waals surface area (Å²) in [6, 6.07) is 29.3. The lowest BCUT2D eigenvalue weighted by Crippen LogP contribution is -2.57. The van der Waals surface area contributed by atoms with Gasteiger partial charge in [-0.05, 0) is 72.0 Å². The lowest BCUT2D eigenvalue weighted by Gasteiger charge is -2.43. The Bertz CT molecular complexity index is 1700. The summed E-state index contributed by atoms with van der Waals surface area (Å²) in [5.74, 6) is 0.981. The summed E-state index contributed by atoms with van der Waals surface area (Å²) in [5.41, 5.74) is 1.76. The van der Waals surface area contributed by atoms with E-state index >= 15 is 0 Å². The zero-order valence-corrected chi connectivity index (χ0v) is 25.7. The first-order valence-corrected chi connectivity index (χ1v) is 15.3. The predicted octanol–water partition coefficient (Wildman–Crippen LogP) is 4.50. The van der Waals surface area contributed by atoms with Crippen molar-refractivity contribution in [3.8, 4) is 11.5 Å². The number of methoxy groups -OCH3 is 2. The molecule has 2 heterocycles. The van der Waals surface area contributed by atoms with Gasteiger partial charge in [-0.3, -0.25) is 14.4 Å². The van der Waals surface area contributed by atoms with Crippen molar-refractivity contribution in [2.24, 2.45) is 0 Å². The quantitative estimate of drug-likeness (QED) is 0.302. The highest BCUT2D eigenvalue weighted by Crippen LogP contribution is 2.39. The van der Waals surface area contributed by atoms with Gasteiger partial charge in [0.25, 0.3) is 11.8 Å². The van der Waals surface area contributed by atoms with Crippen LogP contribution in [0.15, 0.2) is 91.0 Å². The van der Waals surface area contributed by atoms with E-state index in [2.05, 4.69) is 10.2 Å². The minimum absolute atomic E-state index is 0.0296. The third-order valence-corrected chi connectivity index (χ3v) is 8.97. The molecule has 0 aromatic heterocycles. The third-order valence-electron chi connectivity index (χ3n) is 8.97. The summed E-state index contributed by atoms with van der Waals surface area (Å²) in [4.78, 5) is 46.2. The van der Waals surface area contributed by atoms with Gasteiger partial charge in [-0.25, -0.2) is 0 Å². The average molecular weight is 607 g/mol. The Morgan fingerprint density at radius 3 is 2.27 bits per heavy atom. The molecule has 1 N–H and O–H groups in total. The number of piperidine rings is 1. The number of hydrogen-bond acceptors (Lipinski definition) is 6. The molecule has 45 heavy (non-hydrogen) atoms. The fraction of sp³-hybridized carbons (Fsp3) is 0.306. The number of rotatable bonds is 9. The molecule has 0 aliphatic carbocycles. The maximum absolute atomic E-state index is 14.1. The summed E-state index contributed by atoms with van der Waals surface area (Å²) in [6.07, 6.45) is 1.58. The van der Waals surface area contributed by atoms with Gasteiger partial charge < -0.3 is 29.5 Å². The Kier molecular flexibility index (Phi) is 8.60. The SMILES string of the molecule is COc1ccc(CCNC(=O)CN2CN(c3ccccc3)C3(CCN(C(=O)c4ccc5ccccc5c4)CC3)C2=O)cc1OC. The van der Waals surface area contributed by atoms with Crippen LogP contribution >= 0.6 is 0 Å². The molecular weight excluding hydrogens is 568 g/mol. The van der Waals surface area contributed by atoms with Crippen molar-refractivity contribution in [1.82, 2.24) is 15.1 Å². The van der Waals surface area contributed by atoms with Crippen molar-refractivity contribution < 1.29 is 23.9 Å². The molecule has 9 nitrogen and oxygen atoms in total. The van der Waals surface area contributed by atoms with Gasteiger partial charge in [-0.2, -0.15) is 0 Å². The summed E-state index contributed by atoms with van der Waals surface area (Å²) in [5, 5.41) is 5.08. The molecule has 1 spiro atoms. The fourth-order valence-electron chi connectivity index (χ4n) is 6.52. The van der Waals surface area contributed by atoms with Crippen LogP contribution in [-0.2, 0) is 16.0 Å². The lowest BCUT2D eigenvalue weighted by atomic mass is 9.85. The first-order valence-electron chi connectivity index (χ1n) is 15.3. The zero-order valence-electron chi connectivity index (χ0n) is 25.7. The largest absolute Gasteiger partial charge is 0.493 e. The molecule has 2 saturated heterocycles. The number of carbonyl (C=O) groups is 3. The van der Waals surface area contributed by atoms with Crippen molar-refractivity contribution >= 4 is 34.2 Å². The van der Waals surface area contributed by atoms with Crippen LogP contribution < -0.4 is 19.7 Å². The van der Waals surface area contributed by atoms with Gasteiger partial charge in [0.1, 0.15) is 12.1 Å². The zero-order chi connectivity index (χ0) is 31.4. The number of likely N-dealkylation sites (tertiary alicyclic amines) is 1. The number of ether oxygens (including phenoxy) is 2. The van der Waals surface area contributed by atoms with Gasteiger partial charge in [-0.1, -0.05) is 54.6 Å². The number of nitrogens with zero attached hydrogens (tertiary/aromatic N) is 3. The van der Waals surface area contributed by atoms with Gasteiger partial charge in [-0.15, -0.1) is 0 Å². The van der Waals surface area contributed by atoms with Crippen LogP contribution in [0.4, 0.5) is 5.69 Å². The molecule has 2 fully saturated rings. The Morgan fingerprint density at radius 2 is 1.53 bits per heavy atom. The number of carbonyl (C=O) groups excluding carboxylic acids is 3. The van der Waals surface area contributed by atoms with E-state index in [0.717, 1.165) is 22.0 Å². The van der Waals surface area contributed by atoms with Crippen LogP contribution in [0.25, 0.3) is 10.8 Å². The number of anilines is 1. The van der Waals surface area contributed by atoms with E-state index in [-0.39, 0.29) is 24.3 Å². The fourth-order valence-corrected chi connectivity index (χ4v) is 6.52. The molecule has 0 unspecified atom stereocenters. The Morgan fingerprint density at radius 1 is 0.822 bits per heavy atom. The molecule has 4 aromatic carbocycles. The molecule has 0 bridgehead atoms. The second kappa shape index (κ2) is 12.9. The molecule has 232 valence electrons. The smallest absolute Gasteiger partial charge is 0.253 e. The number of amides is 3. The number of benzene rings is 4. The molecular formula is C36H38N4O5. The second-order valence-electron chi connectivity index (χ2n) is 11.6. The van der Waals surface area contributed by atoms with E-state index in [1.807, 2.05) is 95.9 Å². The Hall–Kier alpha value is -5.05. The van der Waals surface area contributed by atoms with Crippen LogP contribution in [-0.4, -0.2) is 80.1 Å². The van der Waals surface area contributed by atoms with Crippen molar-refractivity contribution in [3.05, 3.63) is 102 Å². The summed E-state index contributed by atoms with van der Waals surface area (Å²) >= 11 is 0. The molecule has 0 saturated carbocycles. The van der Waals surface area contributed by atoms with Crippen molar-refractivity contribution in [3.63, 3.8) is 0 Å². The van der Waals surface area contributed by atoms with E-state index in [9.17, 15) is 14.4 Å². The highest BCUT2D eigenvalue weighted by molar-refractivity contribution is 6.00. The maximum Gasteiger partial charge on any atom is 0.253 e. The predicted molar refractivity (Wildman–Crippen MR) is 174 cm³/mol. The van der Waals surface area contributed by atoms with Crippen LogP contribution in [0, 0.1) is 0 Å². The van der Waals surface area contributed by atoms with Crippen molar-refractivity contribution in [1.29, 1.82) is 0 Å². The summed E-state index contributed by atoms with van der Waals surface area (Å²) in [6.45, 7) is 1.61. The van der Waals surface area contributed by atoms with Crippen LogP contribution in [0.1, 0.15) is 28.8 Å². The maximum atomic E-state index is 14.1. The molecule has 0 atom stereocenters. The molecule has 2 aliphatic heterocycles. The topological polar surface area (TPSA) is 91.4 Å². The van der Waals surface area contributed by atoms with Crippen molar-refractivity contribution in [2.45, 2.75) is 24.8 Å². The third kappa shape index (κ3) is 6.02. The summed E-state index contributed by atoms with van der Waals surface area (Å²) < 4.78 is 10.7. The summed E-state index contributed by atoms with van der Waals surface area (Å²) in [7, 11) is 3.18. The van der Waals surface area contributed by atoms with Crippen LogP contribution in [0.5, 0.6) is 11.5 Å². The minimum Gasteiger partial charge on any atom is -0.493 e. The van der Waals surface area contributed by atoms with E-state index in [0.29, 0.717) is 62.6 Å². The standard InChI is InChI=1S/C36H38N4O5/c1-44-31-15-12-26(22-32(31)45-2)16-19-37-33(41)24-39-25-40(30-10-4-3-5-11-30)36(35(39)43)17-20-38(21-18-36)34(42)29-14-13-27-8-6-7-9-28(27)23-29/h3-15,22-23H,16-21,24-25H2,1-2H3,(H,37,41). The normalized spacial score (nSPS) is 15.9. The minimum atomic E-state index is -0.818. The van der Waals surface area contributed by atoms with Crippen LogP contribution in [0.2, 0.25) is 0 Å². The lowest BCUT2D eigenvalue weighted by molar-refractivity contribution is -0.137. The molecule has 9 heteroatoms. The number of hydrogen-bond donors (Lipinski definition) is 1. The number of para-hydroxylation sites is 1. The van der Waals surface area contributed by atoms with Crippen molar-refractivity contribution in [2.75, 3.05) is 52.0 Å². The average Bonchev–Trinajstić information content (AvgIpc) is 3.34. The van der Waals surface area contributed by atoms with E-state index in [1.165, 1.54) is 0 Å². The Labute approximate surface area is 263 Å². The number of nitrogens with one attached hydrogen (secondary N) is 1. The first kappa shape index (κ1) is 30.0. The van der Waals surface area contributed by atoms with Gasteiger partial charge in [0, 0.05) is 30.9 Å². The van der Waals surface area contributed by atoms with Gasteiger partial charge in [0.2, 0.25) is 5.91 Å². The molecule has 6 rings (SSSR count). The molecule has 2 aliphatic rings. The monoisotopic (exact) mass is 606 g/mol. The van der Waals surface area contributed by atoms with E-state index < -0.39 is 5.54 Å². The first-order chi connectivity index (χ1) is 21.9. The van der Waals surface area contributed by atoms with Gasteiger partial charge >= 0.3 is 0 Å². The van der Waals surface area contributed by atoms with Crippen LogP contribution in [0.3, 0.4) is 0 Å². The highest BCUT2D eigenvalue weighted by Gasteiger charge is 2.54. The molecule has 4 aromatic rings. The Balaban J connectivity index is 1.12.